The molecule has 30 heavy (non-hydrogen) atoms. The third-order valence-corrected chi connectivity index (χ3v) is 5.53. The number of hydrogen-bond acceptors (Lipinski definition) is 4. The Bertz CT molecular complexity index is 1070. The largest absolute Gasteiger partial charge is 0.457 e. The van der Waals surface area contributed by atoms with Gasteiger partial charge in [0.05, 0.1) is 11.3 Å². The Labute approximate surface area is 183 Å². The summed E-state index contributed by atoms with van der Waals surface area (Å²) in [5, 5.41) is 0. The molecule has 2 heterocycles. The zero-order chi connectivity index (χ0) is 21.1. The third-order valence-electron chi connectivity index (χ3n) is 5.00. The van der Waals surface area contributed by atoms with Crippen LogP contribution in [0.25, 0.3) is 0 Å². The van der Waals surface area contributed by atoms with Gasteiger partial charge in [-0.1, -0.05) is 28.1 Å². The summed E-state index contributed by atoms with van der Waals surface area (Å²) in [4.78, 5) is 32.6. The maximum atomic E-state index is 12.8. The molecule has 0 fully saturated rings. The first-order valence-electron chi connectivity index (χ1n) is 9.47. The Morgan fingerprint density at radius 1 is 1.07 bits per heavy atom. The molecule has 0 radical (unpaired) electrons. The van der Waals surface area contributed by atoms with E-state index in [1.807, 2.05) is 30.3 Å². The summed E-state index contributed by atoms with van der Waals surface area (Å²) in [5.74, 6) is -0.395. The Morgan fingerprint density at radius 2 is 1.80 bits per heavy atom. The molecule has 6 nitrogen and oxygen atoms in total. The number of halogens is 1. The van der Waals surface area contributed by atoms with Crippen molar-refractivity contribution in [1.82, 2.24) is 9.88 Å². The first-order chi connectivity index (χ1) is 14.5. The van der Waals surface area contributed by atoms with E-state index in [0.717, 1.165) is 26.9 Å². The number of aromatic nitrogens is 1. The summed E-state index contributed by atoms with van der Waals surface area (Å²) in [7, 11) is 1.75. The van der Waals surface area contributed by atoms with Crippen molar-refractivity contribution >= 4 is 33.6 Å². The number of rotatable bonds is 5. The number of carbonyl (C=O) groups is 2. The van der Waals surface area contributed by atoms with E-state index in [0.29, 0.717) is 18.7 Å². The second kappa shape index (κ2) is 8.67. The highest BCUT2D eigenvalue weighted by molar-refractivity contribution is 9.10. The average Bonchev–Trinajstić information content (AvgIpc) is 2.77. The highest BCUT2D eigenvalue weighted by Crippen LogP contribution is 2.30. The highest BCUT2D eigenvalue weighted by Gasteiger charge is 2.28. The van der Waals surface area contributed by atoms with E-state index in [1.54, 1.807) is 53.5 Å². The van der Waals surface area contributed by atoms with Gasteiger partial charge in [0.15, 0.2) is 0 Å². The maximum absolute atomic E-state index is 12.8. The van der Waals surface area contributed by atoms with Crippen molar-refractivity contribution < 1.29 is 14.3 Å². The maximum Gasteiger partial charge on any atom is 0.338 e. The number of carbonyl (C=O) groups excluding carboxylic acids is 2. The molecule has 0 atom stereocenters. The molecule has 0 unspecified atom stereocenters. The minimum Gasteiger partial charge on any atom is -0.457 e. The zero-order valence-corrected chi connectivity index (χ0v) is 18.0. The van der Waals surface area contributed by atoms with Crippen LogP contribution in [-0.2, 0) is 24.4 Å². The zero-order valence-electron chi connectivity index (χ0n) is 16.4. The summed E-state index contributed by atoms with van der Waals surface area (Å²) in [6, 6.07) is 16.7. The van der Waals surface area contributed by atoms with E-state index >= 15 is 0 Å². The summed E-state index contributed by atoms with van der Waals surface area (Å²) >= 11 is 3.43. The van der Waals surface area contributed by atoms with Gasteiger partial charge in [0, 0.05) is 37.0 Å². The van der Waals surface area contributed by atoms with Crippen molar-refractivity contribution in [3.8, 4) is 0 Å². The van der Waals surface area contributed by atoms with Crippen LogP contribution in [0.15, 0.2) is 71.5 Å². The number of anilines is 1. The van der Waals surface area contributed by atoms with Gasteiger partial charge in [0.25, 0.3) is 0 Å². The van der Waals surface area contributed by atoms with Crippen LogP contribution in [0.1, 0.15) is 27.0 Å². The van der Waals surface area contributed by atoms with Crippen LogP contribution in [0.5, 0.6) is 0 Å². The predicted octanol–water partition coefficient (Wildman–Crippen LogP) is 4.77. The molecule has 0 saturated carbocycles. The van der Waals surface area contributed by atoms with Crippen LogP contribution >= 0.6 is 15.9 Å². The number of pyridine rings is 1. The molecule has 152 valence electrons. The Balaban J connectivity index is 1.50. The minimum atomic E-state index is -0.395. The number of nitrogens with zero attached hydrogens (tertiary/aromatic N) is 3. The first-order valence-corrected chi connectivity index (χ1v) is 10.3. The standard InChI is InChI=1S/C23H20BrN3O3/c1-26-21-7-4-18(22(28)30-15-17-8-10-25-11-9-17)12-19(21)14-27(23(26)29)13-16-2-5-20(24)6-3-16/h2-12H,13-15H2,1H3. The van der Waals surface area contributed by atoms with Gasteiger partial charge in [-0.15, -0.1) is 0 Å². The van der Waals surface area contributed by atoms with E-state index in [-0.39, 0.29) is 12.6 Å². The van der Waals surface area contributed by atoms with Gasteiger partial charge in [-0.3, -0.25) is 9.88 Å². The fourth-order valence-corrected chi connectivity index (χ4v) is 3.66. The van der Waals surface area contributed by atoms with E-state index in [9.17, 15) is 9.59 Å². The Kier molecular flexibility index (Phi) is 5.81. The van der Waals surface area contributed by atoms with Crippen molar-refractivity contribution in [3.63, 3.8) is 0 Å². The normalized spacial score (nSPS) is 13.2. The SMILES string of the molecule is CN1C(=O)N(Cc2ccc(Br)cc2)Cc2cc(C(=O)OCc3ccncc3)ccc21. The molecule has 7 heteroatoms. The summed E-state index contributed by atoms with van der Waals surface area (Å²) < 4.78 is 6.42. The molecular weight excluding hydrogens is 446 g/mol. The van der Waals surface area contributed by atoms with Crippen LogP contribution in [0, 0.1) is 0 Å². The van der Waals surface area contributed by atoms with Gasteiger partial charge in [-0.25, -0.2) is 9.59 Å². The van der Waals surface area contributed by atoms with Gasteiger partial charge >= 0.3 is 12.0 Å². The summed E-state index contributed by atoms with van der Waals surface area (Å²) in [6.07, 6.45) is 3.32. The molecule has 1 aliphatic rings. The molecule has 4 rings (SSSR count). The quantitative estimate of drug-likeness (QED) is 0.509. The number of fused-ring (bicyclic) bond motifs is 1. The second-order valence-electron chi connectivity index (χ2n) is 7.10. The van der Waals surface area contributed by atoms with E-state index in [2.05, 4.69) is 20.9 Å². The monoisotopic (exact) mass is 465 g/mol. The summed E-state index contributed by atoms with van der Waals surface area (Å²) in [5.41, 5.74) is 4.10. The predicted molar refractivity (Wildman–Crippen MR) is 117 cm³/mol. The average molecular weight is 466 g/mol. The lowest BCUT2D eigenvalue weighted by molar-refractivity contribution is 0.0472. The molecule has 0 bridgehead atoms. The van der Waals surface area contributed by atoms with Gasteiger partial charge in [-0.05, 0) is 59.2 Å². The number of urea groups is 1. The van der Waals surface area contributed by atoms with Crippen LogP contribution < -0.4 is 4.90 Å². The lowest BCUT2D eigenvalue weighted by Gasteiger charge is -2.35. The molecule has 1 aliphatic heterocycles. The lowest BCUT2D eigenvalue weighted by Crippen LogP contribution is -2.44. The molecule has 0 N–H and O–H groups in total. The molecule has 3 aromatic rings. The van der Waals surface area contributed by atoms with Gasteiger partial charge in [-0.2, -0.15) is 0 Å². The Hall–Kier alpha value is -3.19. The van der Waals surface area contributed by atoms with E-state index in [4.69, 9.17) is 4.74 Å². The van der Waals surface area contributed by atoms with Gasteiger partial charge in [0.1, 0.15) is 6.61 Å². The van der Waals surface area contributed by atoms with Crippen LogP contribution in [0.2, 0.25) is 0 Å². The smallest absolute Gasteiger partial charge is 0.338 e. The van der Waals surface area contributed by atoms with E-state index < -0.39 is 5.97 Å². The number of amides is 2. The number of hydrogen-bond donors (Lipinski definition) is 0. The Morgan fingerprint density at radius 3 is 2.53 bits per heavy atom. The minimum absolute atomic E-state index is 0.0709. The van der Waals surface area contributed by atoms with Gasteiger partial charge < -0.3 is 9.64 Å². The molecule has 0 saturated heterocycles. The van der Waals surface area contributed by atoms with E-state index in [1.165, 1.54) is 0 Å². The number of benzene rings is 2. The molecular formula is C23H20BrN3O3. The highest BCUT2D eigenvalue weighted by atomic mass is 79.9. The lowest BCUT2D eigenvalue weighted by atomic mass is 10.0. The van der Waals surface area contributed by atoms with Crippen molar-refractivity contribution in [2.75, 3.05) is 11.9 Å². The van der Waals surface area contributed by atoms with Crippen LogP contribution in [-0.4, -0.2) is 28.9 Å². The second-order valence-corrected chi connectivity index (χ2v) is 8.01. The van der Waals surface area contributed by atoms with Crippen molar-refractivity contribution in [2.24, 2.45) is 0 Å². The number of esters is 1. The van der Waals surface area contributed by atoms with Crippen LogP contribution in [0.4, 0.5) is 10.5 Å². The molecule has 2 aromatic carbocycles. The fourth-order valence-electron chi connectivity index (χ4n) is 3.40. The van der Waals surface area contributed by atoms with Crippen molar-refractivity contribution in [2.45, 2.75) is 19.7 Å². The third kappa shape index (κ3) is 4.36. The van der Waals surface area contributed by atoms with Gasteiger partial charge in [0.2, 0.25) is 0 Å². The molecule has 0 spiro atoms. The topological polar surface area (TPSA) is 62.7 Å². The fraction of sp³-hybridized carbons (Fsp3) is 0.174. The molecule has 0 aliphatic carbocycles. The molecule has 1 aromatic heterocycles. The van der Waals surface area contributed by atoms with Crippen molar-refractivity contribution in [1.29, 1.82) is 0 Å². The summed E-state index contributed by atoms with van der Waals surface area (Å²) in [6.45, 7) is 1.11. The number of ether oxygens (including phenoxy) is 1. The van der Waals surface area contributed by atoms with Crippen LogP contribution in [0.3, 0.4) is 0 Å². The first kappa shape index (κ1) is 20.1. The molecule has 2 amide bonds. The van der Waals surface area contributed by atoms with Crippen molar-refractivity contribution in [3.05, 3.63) is 93.7 Å².